The number of hydrogen-bond acceptors (Lipinski definition) is 4. The Labute approximate surface area is 221 Å². The van der Waals surface area contributed by atoms with Crippen LogP contribution in [-0.2, 0) is 19.3 Å². The molecule has 6 aromatic rings. The van der Waals surface area contributed by atoms with Gasteiger partial charge >= 0.3 is 6.18 Å². The Morgan fingerprint density at radius 2 is 1.46 bits per heavy atom. The summed E-state index contributed by atoms with van der Waals surface area (Å²) in [4.78, 5) is 0. The Hall–Kier alpha value is -4.92. The van der Waals surface area contributed by atoms with Crippen molar-refractivity contribution in [3.8, 4) is 28.3 Å². The maximum atomic E-state index is 13.1. The van der Waals surface area contributed by atoms with Crippen molar-refractivity contribution in [1.29, 1.82) is 0 Å². The van der Waals surface area contributed by atoms with Gasteiger partial charge in [0.15, 0.2) is 6.61 Å². The summed E-state index contributed by atoms with van der Waals surface area (Å²) in [6.45, 7) is 0.630. The molecule has 0 bridgehead atoms. The number of ether oxygens (including phenoxy) is 1. The highest BCUT2D eigenvalue weighted by Gasteiger charge is 2.30. The van der Waals surface area contributed by atoms with Crippen molar-refractivity contribution in [2.75, 3.05) is 0 Å². The van der Waals surface area contributed by atoms with Gasteiger partial charge in [0.1, 0.15) is 5.75 Å². The maximum Gasteiger partial charge on any atom is 0.416 e. The van der Waals surface area contributed by atoms with Gasteiger partial charge in [-0.25, -0.2) is 0 Å². The zero-order valence-corrected chi connectivity index (χ0v) is 20.6. The average molecular weight is 526 g/mol. The first kappa shape index (κ1) is 24.4. The molecule has 0 fully saturated rings. The summed E-state index contributed by atoms with van der Waals surface area (Å²) in [6.07, 6.45) is -4.37. The average Bonchev–Trinajstić information content (AvgIpc) is 3.62. The number of nitrogens with one attached hydrogen (secondary N) is 1. The molecule has 39 heavy (non-hydrogen) atoms. The summed E-state index contributed by atoms with van der Waals surface area (Å²) in [5.74, 6) is 1.16. The number of rotatable bonds is 7. The SMILES string of the molecule is FC(F)(F)c1ccc(Cn2c(-c3ccccc3)ccc2-c2ccc3cc(OCc4nn[nH]n4)ccc3c2)cc1. The van der Waals surface area contributed by atoms with E-state index in [0.29, 0.717) is 18.1 Å². The summed E-state index contributed by atoms with van der Waals surface area (Å²) >= 11 is 0. The highest BCUT2D eigenvalue weighted by atomic mass is 19.4. The molecule has 0 amide bonds. The van der Waals surface area contributed by atoms with Crippen LogP contribution in [0.25, 0.3) is 33.3 Å². The lowest BCUT2D eigenvalue weighted by Gasteiger charge is -2.16. The summed E-state index contributed by atoms with van der Waals surface area (Å²) in [5.41, 5.74) is 4.10. The van der Waals surface area contributed by atoms with Crippen LogP contribution in [-0.4, -0.2) is 25.2 Å². The van der Waals surface area contributed by atoms with E-state index in [4.69, 9.17) is 4.74 Å². The van der Waals surface area contributed by atoms with Gasteiger partial charge in [-0.05, 0) is 69.9 Å². The van der Waals surface area contributed by atoms with Crippen molar-refractivity contribution in [2.45, 2.75) is 19.3 Å². The van der Waals surface area contributed by atoms with Crippen molar-refractivity contribution >= 4 is 10.8 Å². The van der Waals surface area contributed by atoms with E-state index in [9.17, 15) is 13.2 Å². The van der Waals surface area contributed by atoms with Crippen LogP contribution in [0.5, 0.6) is 5.75 Å². The zero-order chi connectivity index (χ0) is 26.8. The Kier molecular flexibility index (Phi) is 6.32. The second-order valence-corrected chi connectivity index (χ2v) is 9.09. The smallest absolute Gasteiger partial charge is 0.416 e. The van der Waals surface area contributed by atoms with E-state index in [0.717, 1.165) is 51.0 Å². The highest BCUT2D eigenvalue weighted by molar-refractivity contribution is 5.88. The topological polar surface area (TPSA) is 68.6 Å². The third kappa shape index (κ3) is 5.24. The fraction of sp³-hybridized carbons (Fsp3) is 0.100. The number of fused-ring (bicyclic) bond motifs is 1. The van der Waals surface area contributed by atoms with E-state index in [-0.39, 0.29) is 6.61 Å². The predicted octanol–water partition coefficient (Wildman–Crippen LogP) is 7.13. The highest BCUT2D eigenvalue weighted by Crippen LogP contribution is 2.34. The Morgan fingerprint density at radius 3 is 2.18 bits per heavy atom. The molecule has 2 aromatic heterocycles. The number of alkyl halides is 3. The lowest BCUT2D eigenvalue weighted by molar-refractivity contribution is -0.137. The number of hydrogen-bond donors (Lipinski definition) is 1. The van der Waals surface area contributed by atoms with Crippen molar-refractivity contribution in [3.63, 3.8) is 0 Å². The lowest BCUT2D eigenvalue weighted by Crippen LogP contribution is -2.07. The van der Waals surface area contributed by atoms with Crippen LogP contribution in [0.3, 0.4) is 0 Å². The van der Waals surface area contributed by atoms with Crippen LogP contribution in [0.4, 0.5) is 13.2 Å². The van der Waals surface area contributed by atoms with E-state index in [2.05, 4.69) is 37.3 Å². The van der Waals surface area contributed by atoms with Gasteiger partial charge in [-0.15, -0.1) is 10.2 Å². The van der Waals surface area contributed by atoms with Crippen molar-refractivity contribution in [3.05, 3.63) is 120 Å². The Morgan fingerprint density at radius 1 is 0.744 bits per heavy atom. The molecule has 0 saturated carbocycles. The minimum absolute atomic E-state index is 0.208. The van der Waals surface area contributed by atoms with Crippen molar-refractivity contribution in [1.82, 2.24) is 25.2 Å². The van der Waals surface area contributed by atoms with Crippen molar-refractivity contribution < 1.29 is 17.9 Å². The zero-order valence-electron chi connectivity index (χ0n) is 20.6. The normalized spacial score (nSPS) is 11.7. The molecule has 0 radical (unpaired) electrons. The lowest BCUT2D eigenvalue weighted by atomic mass is 10.0. The molecule has 6 nitrogen and oxygen atoms in total. The molecular formula is C30H22F3N5O. The molecule has 0 unspecified atom stereocenters. The van der Waals surface area contributed by atoms with Crippen LogP contribution in [0.1, 0.15) is 17.0 Å². The second-order valence-electron chi connectivity index (χ2n) is 9.09. The van der Waals surface area contributed by atoms with E-state index >= 15 is 0 Å². The van der Waals surface area contributed by atoms with Crippen LogP contribution in [0, 0.1) is 0 Å². The first-order valence-electron chi connectivity index (χ1n) is 12.2. The summed E-state index contributed by atoms with van der Waals surface area (Å²) in [5, 5.41) is 15.7. The van der Waals surface area contributed by atoms with E-state index in [1.54, 1.807) is 0 Å². The number of aromatic nitrogens is 5. The largest absolute Gasteiger partial charge is 0.485 e. The molecular weight excluding hydrogens is 503 g/mol. The van der Waals surface area contributed by atoms with Gasteiger partial charge in [0.2, 0.25) is 5.82 Å². The molecule has 2 heterocycles. The van der Waals surface area contributed by atoms with Crippen LogP contribution >= 0.6 is 0 Å². The number of nitrogens with zero attached hydrogens (tertiary/aromatic N) is 4. The summed E-state index contributed by atoms with van der Waals surface area (Å²) in [7, 11) is 0. The quantitative estimate of drug-likeness (QED) is 0.241. The summed E-state index contributed by atoms with van der Waals surface area (Å²) in [6, 6.07) is 31.4. The molecule has 0 atom stereocenters. The predicted molar refractivity (Wildman–Crippen MR) is 142 cm³/mol. The van der Waals surface area contributed by atoms with Gasteiger partial charge in [0, 0.05) is 17.9 Å². The van der Waals surface area contributed by atoms with Gasteiger partial charge < -0.3 is 9.30 Å². The third-order valence-corrected chi connectivity index (χ3v) is 6.54. The third-order valence-electron chi connectivity index (χ3n) is 6.54. The molecule has 1 N–H and O–H groups in total. The van der Waals surface area contributed by atoms with Gasteiger partial charge in [0.25, 0.3) is 0 Å². The number of halogens is 3. The number of benzene rings is 4. The van der Waals surface area contributed by atoms with Gasteiger partial charge in [-0.2, -0.15) is 18.4 Å². The van der Waals surface area contributed by atoms with Gasteiger partial charge in [0.05, 0.1) is 5.56 Å². The molecule has 4 aromatic carbocycles. The Balaban J connectivity index is 1.34. The monoisotopic (exact) mass is 525 g/mol. The molecule has 194 valence electrons. The maximum absolute atomic E-state index is 13.1. The molecule has 6 rings (SSSR count). The number of H-pyrrole nitrogens is 1. The van der Waals surface area contributed by atoms with Crippen LogP contribution in [0.15, 0.2) is 103 Å². The van der Waals surface area contributed by atoms with E-state index < -0.39 is 11.7 Å². The molecule has 0 aliphatic heterocycles. The molecule has 9 heteroatoms. The first-order chi connectivity index (χ1) is 18.9. The molecule has 0 spiro atoms. The first-order valence-corrected chi connectivity index (χ1v) is 12.2. The van der Waals surface area contributed by atoms with Gasteiger partial charge in [-0.1, -0.05) is 65.9 Å². The fourth-order valence-electron chi connectivity index (χ4n) is 4.60. The molecule has 0 saturated heterocycles. The van der Waals surface area contributed by atoms with Crippen LogP contribution < -0.4 is 4.74 Å². The van der Waals surface area contributed by atoms with Crippen LogP contribution in [0.2, 0.25) is 0 Å². The minimum Gasteiger partial charge on any atom is -0.485 e. The van der Waals surface area contributed by atoms with E-state index in [1.807, 2.05) is 66.7 Å². The fourth-order valence-corrected chi connectivity index (χ4v) is 4.60. The molecule has 0 aliphatic rings. The number of aromatic amines is 1. The second kappa shape index (κ2) is 10.1. The number of tetrazole rings is 1. The van der Waals surface area contributed by atoms with Crippen molar-refractivity contribution in [2.24, 2.45) is 0 Å². The van der Waals surface area contributed by atoms with Gasteiger partial charge in [-0.3, -0.25) is 0 Å². The summed E-state index contributed by atoms with van der Waals surface area (Å²) < 4.78 is 47.2. The standard InChI is InChI=1S/C30H22F3N5O/c31-30(32,33)25-11-6-20(7-12-25)18-38-27(21-4-2-1-3-5-21)14-15-28(38)24-9-8-23-17-26(13-10-22(23)16-24)39-19-29-34-36-37-35-29/h1-17H,18-19H2,(H,34,35,36,37). The molecule has 0 aliphatic carbocycles. The Bertz CT molecular complexity index is 1710. The van der Waals surface area contributed by atoms with E-state index in [1.165, 1.54) is 12.1 Å². The minimum atomic E-state index is -4.37.